The van der Waals surface area contributed by atoms with Crippen molar-refractivity contribution in [2.24, 2.45) is 0 Å². The Hall–Kier alpha value is -0.315. The van der Waals surface area contributed by atoms with Crippen LogP contribution < -0.4 is 5.32 Å². The van der Waals surface area contributed by atoms with Crippen molar-refractivity contribution in [1.29, 1.82) is 0 Å². The summed E-state index contributed by atoms with van der Waals surface area (Å²) in [5.41, 5.74) is 1.01. The standard InChI is InChI=1S/C12H22BNO2/c1-11(2)12(3,4)16-13(15-11)9-10-5-7-14-8-6-10/h9,14H,5-8H2,1-4H3. The molecule has 0 aromatic heterocycles. The quantitative estimate of drug-likeness (QED) is 0.689. The fourth-order valence-corrected chi connectivity index (χ4v) is 2.06. The first-order chi connectivity index (χ1) is 7.41. The van der Waals surface area contributed by atoms with Gasteiger partial charge in [0.1, 0.15) is 0 Å². The van der Waals surface area contributed by atoms with Crippen LogP contribution in [0.15, 0.2) is 11.5 Å². The molecule has 2 saturated heterocycles. The minimum absolute atomic E-state index is 0.168. The fourth-order valence-electron chi connectivity index (χ4n) is 2.06. The lowest BCUT2D eigenvalue weighted by Gasteiger charge is -2.32. The molecule has 90 valence electrons. The van der Waals surface area contributed by atoms with Crippen molar-refractivity contribution in [3.8, 4) is 0 Å². The van der Waals surface area contributed by atoms with E-state index in [0.29, 0.717) is 0 Å². The zero-order valence-corrected chi connectivity index (χ0v) is 10.8. The maximum atomic E-state index is 5.95. The average Bonchev–Trinajstić information content (AvgIpc) is 2.36. The Morgan fingerprint density at radius 3 is 2.06 bits per heavy atom. The van der Waals surface area contributed by atoms with Crippen LogP contribution in [0.2, 0.25) is 0 Å². The van der Waals surface area contributed by atoms with Crippen molar-refractivity contribution in [1.82, 2.24) is 5.32 Å². The molecule has 2 aliphatic heterocycles. The number of piperidine rings is 1. The van der Waals surface area contributed by atoms with Crippen molar-refractivity contribution >= 4 is 7.12 Å². The van der Waals surface area contributed by atoms with Crippen molar-refractivity contribution in [2.45, 2.75) is 51.7 Å². The molecular weight excluding hydrogens is 201 g/mol. The Labute approximate surface area is 98.7 Å². The highest BCUT2D eigenvalue weighted by Gasteiger charge is 2.50. The SMILES string of the molecule is CC1(C)OB(C=C2CCNCC2)OC1(C)C. The molecule has 0 amide bonds. The molecule has 0 spiro atoms. The van der Waals surface area contributed by atoms with Crippen LogP contribution in [0.5, 0.6) is 0 Å². The summed E-state index contributed by atoms with van der Waals surface area (Å²) in [6, 6.07) is 0. The summed E-state index contributed by atoms with van der Waals surface area (Å²) in [6.07, 6.45) is 2.23. The van der Waals surface area contributed by atoms with Crippen LogP contribution in [0.1, 0.15) is 40.5 Å². The minimum Gasteiger partial charge on any atom is -0.400 e. The van der Waals surface area contributed by atoms with Crippen LogP contribution in [0.3, 0.4) is 0 Å². The summed E-state index contributed by atoms with van der Waals surface area (Å²) >= 11 is 0. The lowest BCUT2D eigenvalue weighted by atomic mass is 9.84. The molecular formula is C12H22BNO2. The highest BCUT2D eigenvalue weighted by Crippen LogP contribution is 2.37. The summed E-state index contributed by atoms with van der Waals surface area (Å²) < 4.78 is 11.9. The van der Waals surface area contributed by atoms with Crippen LogP contribution in [0.25, 0.3) is 0 Å². The van der Waals surface area contributed by atoms with E-state index in [-0.39, 0.29) is 18.3 Å². The Morgan fingerprint density at radius 1 is 1.06 bits per heavy atom. The van der Waals surface area contributed by atoms with Crippen molar-refractivity contribution in [2.75, 3.05) is 13.1 Å². The van der Waals surface area contributed by atoms with Crippen molar-refractivity contribution in [3.63, 3.8) is 0 Å². The maximum Gasteiger partial charge on any atom is 0.487 e. The molecule has 0 aromatic rings. The lowest BCUT2D eigenvalue weighted by Crippen LogP contribution is -2.41. The van der Waals surface area contributed by atoms with Gasteiger partial charge in [-0.25, -0.2) is 0 Å². The molecule has 0 atom stereocenters. The largest absolute Gasteiger partial charge is 0.487 e. The molecule has 2 fully saturated rings. The van der Waals surface area contributed by atoms with Gasteiger partial charge in [-0.1, -0.05) is 11.5 Å². The van der Waals surface area contributed by atoms with Gasteiger partial charge in [-0.3, -0.25) is 0 Å². The Bertz CT molecular complexity index is 275. The van der Waals surface area contributed by atoms with Crippen molar-refractivity contribution in [3.05, 3.63) is 11.5 Å². The molecule has 2 aliphatic rings. The van der Waals surface area contributed by atoms with Crippen LogP contribution >= 0.6 is 0 Å². The van der Waals surface area contributed by atoms with Gasteiger partial charge < -0.3 is 14.6 Å². The zero-order valence-electron chi connectivity index (χ0n) is 10.8. The Balaban J connectivity index is 2.03. The van der Waals surface area contributed by atoms with Gasteiger partial charge in [0.2, 0.25) is 0 Å². The molecule has 3 nitrogen and oxygen atoms in total. The molecule has 0 bridgehead atoms. The number of rotatable bonds is 1. The van der Waals surface area contributed by atoms with Gasteiger partial charge >= 0.3 is 7.12 Å². The van der Waals surface area contributed by atoms with E-state index in [1.54, 1.807) is 0 Å². The summed E-state index contributed by atoms with van der Waals surface area (Å²) in [6.45, 7) is 10.5. The van der Waals surface area contributed by atoms with Crippen LogP contribution in [0.4, 0.5) is 0 Å². The average molecular weight is 223 g/mol. The van der Waals surface area contributed by atoms with Gasteiger partial charge in [0.05, 0.1) is 11.2 Å². The third-order valence-electron chi connectivity index (χ3n) is 3.89. The van der Waals surface area contributed by atoms with Crippen LogP contribution in [-0.2, 0) is 9.31 Å². The van der Waals surface area contributed by atoms with Gasteiger partial charge in [-0.05, 0) is 53.6 Å². The van der Waals surface area contributed by atoms with E-state index in [2.05, 4.69) is 39.0 Å². The van der Waals surface area contributed by atoms with E-state index < -0.39 is 0 Å². The molecule has 0 aliphatic carbocycles. The molecule has 16 heavy (non-hydrogen) atoms. The van der Waals surface area contributed by atoms with E-state index in [1.807, 2.05) is 0 Å². The van der Waals surface area contributed by atoms with E-state index in [4.69, 9.17) is 9.31 Å². The van der Waals surface area contributed by atoms with Crippen molar-refractivity contribution < 1.29 is 9.31 Å². The molecule has 0 unspecified atom stereocenters. The second kappa shape index (κ2) is 4.17. The highest BCUT2D eigenvalue weighted by molar-refractivity contribution is 6.51. The Morgan fingerprint density at radius 2 is 1.56 bits per heavy atom. The molecule has 2 rings (SSSR count). The number of nitrogens with one attached hydrogen (secondary N) is 1. The third kappa shape index (κ3) is 2.34. The van der Waals surface area contributed by atoms with Gasteiger partial charge in [-0.15, -0.1) is 0 Å². The highest BCUT2D eigenvalue weighted by atomic mass is 16.7. The second-order valence-corrected chi connectivity index (χ2v) is 5.70. The third-order valence-corrected chi connectivity index (χ3v) is 3.89. The number of hydrogen-bond acceptors (Lipinski definition) is 3. The predicted octanol–water partition coefficient (Wildman–Crippen LogP) is 1.93. The first-order valence-electron chi connectivity index (χ1n) is 6.17. The zero-order chi connectivity index (χ0) is 11.8. The molecule has 0 saturated carbocycles. The lowest BCUT2D eigenvalue weighted by molar-refractivity contribution is 0.00578. The maximum absolute atomic E-state index is 5.95. The first kappa shape index (κ1) is 12.2. The fraction of sp³-hybridized carbons (Fsp3) is 0.833. The summed E-state index contributed by atoms with van der Waals surface area (Å²) in [5, 5.41) is 3.35. The minimum atomic E-state index is -0.221. The summed E-state index contributed by atoms with van der Waals surface area (Å²) in [4.78, 5) is 0. The summed E-state index contributed by atoms with van der Waals surface area (Å²) in [7, 11) is -0.168. The van der Waals surface area contributed by atoms with Crippen LogP contribution in [-0.4, -0.2) is 31.4 Å². The normalized spacial score (nSPS) is 28.2. The molecule has 0 aromatic carbocycles. The molecule has 4 heteroatoms. The predicted molar refractivity (Wildman–Crippen MR) is 66.3 cm³/mol. The molecule has 0 radical (unpaired) electrons. The van der Waals surface area contributed by atoms with Gasteiger partial charge in [0.15, 0.2) is 0 Å². The van der Waals surface area contributed by atoms with Gasteiger partial charge in [0, 0.05) is 0 Å². The number of hydrogen-bond donors (Lipinski definition) is 1. The Kier molecular flexibility index (Phi) is 3.17. The van der Waals surface area contributed by atoms with Gasteiger partial charge in [0.25, 0.3) is 0 Å². The van der Waals surface area contributed by atoms with E-state index >= 15 is 0 Å². The molecule has 1 N–H and O–H groups in total. The smallest absolute Gasteiger partial charge is 0.400 e. The van der Waals surface area contributed by atoms with E-state index in [1.165, 1.54) is 5.57 Å². The van der Waals surface area contributed by atoms with E-state index in [9.17, 15) is 0 Å². The van der Waals surface area contributed by atoms with Gasteiger partial charge in [-0.2, -0.15) is 0 Å². The van der Waals surface area contributed by atoms with Crippen LogP contribution in [0, 0.1) is 0 Å². The summed E-state index contributed by atoms with van der Waals surface area (Å²) in [5.74, 6) is 2.16. The first-order valence-corrected chi connectivity index (χ1v) is 6.17. The monoisotopic (exact) mass is 223 g/mol. The topological polar surface area (TPSA) is 30.5 Å². The molecule has 2 heterocycles. The second-order valence-electron chi connectivity index (χ2n) is 5.70. The van der Waals surface area contributed by atoms with E-state index in [0.717, 1.165) is 25.9 Å².